The fourth-order valence-electron chi connectivity index (χ4n) is 3.02. The summed E-state index contributed by atoms with van der Waals surface area (Å²) in [5, 5.41) is 0.119. The van der Waals surface area contributed by atoms with E-state index in [0.29, 0.717) is 6.61 Å². The Morgan fingerprint density at radius 1 is 1.27 bits per heavy atom. The normalized spacial score (nSPS) is 35.5. The molecule has 0 bridgehead atoms. The minimum absolute atomic E-state index is 0.000529. The molecular formula is C17H28O4Si. The number of cyclic esters (lactones) is 2. The second kappa shape index (κ2) is 5.30. The van der Waals surface area contributed by atoms with Gasteiger partial charge in [0.15, 0.2) is 8.32 Å². The maximum atomic E-state index is 12.2. The first-order valence-electron chi connectivity index (χ1n) is 7.99. The Balaban J connectivity index is 2.21. The van der Waals surface area contributed by atoms with Crippen LogP contribution in [0.5, 0.6) is 0 Å². The van der Waals surface area contributed by atoms with E-state index < -0.39 is 31.6 Å². The first-order chi connectivity index (χ1) is 9.91. The number of carbonyl (C=O) groups is 2. The largest absolute Gasteiger partial charge is 0.416 e. The summed E-state index contributed by atoms with van der Waals surface area (Å²) >= 11 is 0. The molecule has 1 saturated heterocycles. The quantitative estimate of drug-likeness (QED) is 0.345. The van der Waals surface area contributed by atoms with Crippen molar-refractivity contribution < 1.29 is 18.8 Å². The van der Waals surface area contributed by atoms with Crippen LogP contribution < -0.4 is 0 Å². The summed E-state index contributed by atoms with van der Waals surface area (Å²) in [6.07, 6.45) is 4.06. The fraction of sp³-hybridized carbons (Fsp3) is 0.765. The molecule has 2 rings (SSSR count). The van der Waals surface area contributed by atoms with Crippen molar-refractivity contribution >= 4 is 20.3 Å². The summed E-state index contributed by atoms with van der Waals surface area (Å²) in [5.74, 6) is -1.30. The molecule has 0 unspecified atom stereocenters. The van der Waals surface area contributed by atoms with E-state index in [0.717, 1.165) is 0 Å². The van der Waals surface area contributed by atoms with E-state index in [4.69, 9.17) is 9.16 Å². The van der Waals surface area contributed by atoms with Gasteiger partial charge in [-0.15, -0.1) is 0 Å². The van der Waals surface area contributed by atoms with Gasteiger partial charge < -0.3 is 9.16 Å². The molecule has 4 nitrogen and oxygen atoms in total. The van der Waals surface area contributed by atoms with Crippen molar-refractivity contribution in [2.24, 2.45) is 23.2 Å². The van der Waals surface area contributed by atoms with E-state index in [1.807, 2.05) is 26.0 Å². The van der Waals surface area contributed by atoms with Crippen LogP contribution in [0.1, 0.15) is 34.6 Å². The molecule has 1 heterocycles. The van der Waals surface area contributed by atoms with E-state index in [1.54, 1.807) is 0 Å². The number of allylic oxidation sites excluding steroid dienone is 1. The van der Waals surface area contributed by atoms with Gasteiger partial charge in [0.25, 0.3) is 0 Å². The second-order valence-electron chi connectivity index (χ2n) is 8.38. The van der Waals surface area contributed by atoms with E-state index in [9.17, 15) is 9.59 Å². The fourth-order valence-corrected chi connectivity index (χ4v) is 4.06. The molecule has 0 aromatic carbocycles. The van der Waals surface area contributed by atoms with Crippen molar-refractivity contribution in [2.75, 3.05) is 6.61 Å². The van der Waals surface area contributed by atoms with Gasteiger partial charge in [-0.1, -0.05) is 39.8 Å². The SMILES string of the molecule is C[C@@H]1C=C[C@H](CO[Si](C)(C)C(C)(C)C)[C@@H]2C(=O)OC(=O)[C@]12C. The zero-order valence-electron chi connectivity index (χ0n) is 14.7. The zero-order chi connectivity index (χ0) is 16.9. The van der Waals surface area contributed by atoms with Crippen molar-refractivity contribution in [3.8, 4) is 0 Å². The van der Waals surface area contributed by atoms with Crippen molar-refractivity contribution in [3.05, 3.63) is 12.2 Å². The highest BCUT2D eigenvalue weighted by molar-refractivity contribution is 6.74. The van der Waals surface area contributed by atoms with Crippen LogP contribution in [0.15, 0.2) is 12.2 Å². The van der Waals surface area contributed by atoms with Crippen LogP contribution >= 0.6 is 0 Å². The first kappa shape index (κ1) is 17.4. The monoisotopic (exact) mass is 324 g/mol. The molecule has 1 aliphatic carbocycles. The van der Waals surface area contributed by atoms with Gasteiger partial charge in [-0.25, -0.2) is 0 Å². The van der Waals surface area contributed by atoms with Crippen molar-refractivity contribution in [1.29, 1.82) is 0 Å². The van der Waals surface area contributed by atoms with Gasteiger partial charge in [-0.3, -0.25) is 9.59 Å². The van der Waals surface area contributed by atoms with E-state index in [-0.39, 0.29) is 16.9 Å². The van der Waals surface area contributed by atoms with Crippen LogP contribution in [0.3, 0.4) is 0 Å². The third kappa shape index (κ3) is 2.58. The molecule has 2 aliphatic rings. The maximum absolute atomic E-state index is 12.2. The highest BCUT2D eigenvalue weighted by Crippen LogP contribution is 2.50. The van der Waals surface area contributed by atoms with Crippen molar-refractivity contribution in [1.82, 2.24) is 0 Å². The Kier molecular flexibility index (Phi) is 4.20. The molecule has 0 N–H and O–H groups in total. The zero-order valence-corrected chi connectivity index (χ0v) is 15.7. The number of hydrogen-bond acceptors (Lipinski definition) is 4. The summed E-state index contributed by atoms with van der Waals surface area (Å²) in [4.78, 5) is 24.3. The molecule has 4 atom stereocenters. The highest BCUT2D eigenvalue weighted by Gasteiger charge is 2.60. The molecule has 1 aliphatic heterocycles. The molecule has 22 heavy (non-hydrogen) atoms. The number of rotatable bonds is 3. The lowest BCUT2D eigenvalue weighted by atomic mass is 9.62. The topological polar surface area (TPSA) is 52.6 Å². The lowest BCUT2D eigenvalue weighted by Crippen LogP contribution is -2.47. The summed E-state index contributed by atoms with van der Waals surface area (Å²) in [7, 11) is -1.88. The van der Waals surface area contributed by atoms with Crippen LogP contribution in [0, 0.1) is 23.2 Å². The number of hydrogen-bond donors (Lipinski definition) is 0. The summed E-state index contributed by atoms with van der Waals surface area (Å²) < 4.78 is 11.2. The van der Waals surface area contributed by atoms with E-state index in [2.05, 4.69) is 33.9 Å². The standard InChI is InChI=1S/C17H28O4Si/c1-11-8-9-12(10-20-22(6,7)16(2,3)4)13-14(18)21-15(19)17(11,13)5/h8-9,11-13H,10H2,1-7H3/t11-,12-,13-,17-/m1/s1. The number of carbonyl (C=O) groups excluding carboxylic acids is 2. The second-order valence-corrected chi connectivity index (χ2v) is 13.2. The average Bonchev–Trinajstić information content (AvgIpc) is 2.61. The minimum Gasteiger partial charge on any atom is -0.416 e. The first-order valence-corrected chi connectivity index (χ1v) is 10.9. The van der Waals surface area contributed by atoms with Gasteiger partial charge in [0, 0.05) is 12.5 Å². The maximum Gasteiger partial charge on any atom is 0.320 e. The van der Waals surface area contributed by atoms with Gasteiger partial charge in [0.1, 0.15) is 0 Å². The highest BCUT2D eigenvalue weighted by atomic mass is 28.4. The lowest BCUT2D eigenvalue weighted by molar-refractivity contribution is -0.155. The van der Waals surface area contributed by atoms with E-state index in [1.165, 1.54) is 0 Å². The molecule has 0 spiro atoms. The summed E-state index contributed by atoms with van der Waals surface area (Å²) in [6.45, 7) is 15.2. The van der Waals surface area contributed by atoms with E-state index >= 15 is 0 Å². The molecular weight excluding hydrogens is 296 g/mol. The van der Waals surface area contributed by atoms with Gasteiger partial charge in [-0.05, 0) is 31.0 Å². The minimum atomic E-state index is -1.88. The van der Waals surface area contributed by atoms with Crippen LogP contribution in [-0.2, 0) is 18.8 Å². The Morgan fingerprint density at radius 3 is 2.41 bits per heavy atom. The van der Waals surface area contributed by atoms with Crippen molar-refractivity contribution in [2.45, 2.75) is 52.8 Å². The Morgan fingerprint density at radius 2 is 1.86 bits per heavy atom. The molecule has 0 radical (unpaired) electrons. The predicted molar refractivity (Wildman–Crippen MR) is 87.6 cm³/mol. The molecule has 0 amide bonds. The number of ether oxygens (including phenoxy) is 1. The summed E-state index contributed by atoms with van der Waals surface area (Å²) in [6, 6.07) is 0. The molecule has 0 aromatic rings. The van der Waals surface area contributed by atoms with Gasteiger partial charge in [-0.2, -0.15) is 0 Å². The Labute approximate surface area is 134 Å². The third-order valence-electron chi connectivity index (χ3n) is 6.00. The average molecular weight is 324 g/mol. The van der Waals surface area contributed by atoms with Crippen LogP contribution in [0.4, 0.5) is 0 Å². The van der Waals surface area contributed by atoms with Crippen LogP contribution in [0.2, 0.25) is 18.1 Å². The van der Waals surface area contributed by atoms with Crippen LogP contribution in [-0.4, -0.2) is 26.9 Å². The third-order valence-corrected chi connectivity index (χ3v) is 10.5. The Bertz CT molecular complexity index is 517. The molecule has 1 fully saturated rings. The summed E-state index contributed by atoms with van der Waals surface area (Å²) in [5.41, 5.74) is -0.757. The number of fused-ring (bicyclic) bond motifs is 1. The number of esters is 2. The molecule has 0 saturated carbocycles. The van der Waals surface area contributed by atoms with Crippen LogP contribution in [0.25, 0.3) is 0 Å². The molecule has 0 aromatic heterocycles. The molecule has 5 heteroatoms. The van der Waals surface area contributed by atoms with Crippen molar-refractivity contribution in [3.63, 3.8) is 0 Å². The molecule has 124 valence electrons. The van der Waals surface area contributed by atoms with Gasteiger partial charge in [0.05, 0.1) is 11.3 Å². The predicted octanol–water partition coefficient (Wildman–Crippen LogP) is 3.54. The van der Waals surface area contributed by atoms with Gasteiger partial charge >= 0.3 is 11.9 Å². The lowest BCUT2D eigenvalue weighted by Gasteiger charge is -2.41. The van der Waals surface area contributed by atoms with Gasteiger partial charge in [0.2, 0.25) is 0 Å². The Hall–Kier alpha value is -0.943. The smallest absolute Gasteiger partial charge is 0.320 e.